The van der Waals surface area contributed by atoms with E-state index in [2.05, 4.69) is 34.6 Å². The van der Waals surface area contributed by atoms with Crippen molar-refractivity contribution in [3.63, 3.8) is 0 Å². The zero-order valence-electron chi connectivity index (χ0n) is 11.7. The minimum Gasteiger partial charge on any atom is -0.392 e. The van der Waals surface area contributed by atoms with Gasteiger partial charge in [-0.15, -0.1) is 6.58 Å². The number of hydrogen-bond acceptors (Lipinski definition) is 1. The van der Waals surface area contributed by atoms with Crippen LogP contribution in [0.15, 0.2) is 65.7 Å². The fourth-order valence-electron chi connectivity index (χ4n) is 2.40. The third-order valence-electron chi connectivity index (χ3n) is 3.54. The third kappa shape index (κ3) is 4.70. The highest BCUT2D eigenvalue weighted by Crippen LogP contribution is 2.28. The van der Waals surface area contributed by atoms with Gasteiger partial charge in [-0.3, -0.25) is 0 Å². The molecule has 0 heterocycles. The molecule has 2 atom stereocenters. The van der Waals surface area contributed by atoms with Crippen LogP contribution < -0.4 is 0 Å². The van der Waals surface area contributed by atoms with Gasteiger partial charge in [-0.2, -0.15) is 0 Å². The predicted molar refractivity (Wildman–Crippen MR) is 92.9 cm³/mol. The average molecular weight is 366 g/mol. The fraction of sp³-hybridized carbons (Fsp3) is 0.222. The van der Waals surface area contributed by atoms with E-state index >= 15 is 0 Å². The quantitative estimate of drug-likeness (QED) is 0.683. The summed E-state index contributed by atoms with van der Waals surface area (Å²) in [5, 5.41) is 11.2. The highest BCUT2D eigenvalue weighted by Gasteiger charge is 2.20. The molecule has 0 radical (unpaired) electrons. The zero-order valence-corrected chi connectivity index (χ0v) is 14.0. The van der Waals surface area contributed by atoms with Crippen molar-refractivity contribution >= 4 is 27.5 Å². The number of rotatable bonds is 6. The van der Waals surface area contributed by atoms with Gasteiger partial charge in [-0.25, -0.2) is 0 Å². The predicted octanol–water partition coefficient (Wildman–Crippen LogP) is 5.37. The first-order valence-electron chi connectivity index (χ1n) is 6.89. The number of aliphatic hydroxyl groups is 1. The number of halogens is 2. The minimum absolute atomic E-state index is 0.0391. The molecule has 3 heteroatoms. The lowest BCUT2D eigenvalue weighted by molar-refractivity contribution is 0.145. The summed E-state index contributed by atoms with van der Waals surface area (Å²) in [5.74, 6) is 0.0391. The normalized spacial score (nSPS) is 13.7. The largest absolute Gasteiger partial charge is 0.392 e. The van der Waals surface area contributed by atoms with E-state index in [1.807, 2.05) is 36.4 Å². The number of benzene rings is 2. The topological polar surface area (TPSA) is 20.2 Å². The summed E-state index contributed by atoms with van der Waals surface area (Å²) in [6.45, 7) is 3.72. The molecule has 0 bridgehead atoms. The van der Waals surface area contributed by atoms with Crippen molar-refractivity contribution in [2.75, 3.05) is 0 Å². The van der Waals surface area contributed by atoms with Crippen LogP contribution in [-0.4, -0.2) is 11.2 Å². The highest BCUT2D eigenvalue weighted by atomic mass is 79.9. The van der Waals surface area contributed by atoms with Crippen LogP contribution in [-0.2, 0) is 6.42 Å². The molecule has 110 valence electrons. The molecule has 0 aromatic heterocycles. The van der Waals surface area contributed by atoms with Gasteiger partial charge in [0.25, 0.3) is 0 Å². The van der Waals surface area contributed by atoms with Crippen LogP contribution in [0.2, 0.25) is 5.02 Å². The van der Waals surface area contributed by atoms with Crippen molar-refractivity contribution in [3.8, 4) is 0 Å². The molecule has 0 aliphatic carbocycles. The van der Waals surface area contributed by atoms with Crippen LogP contribution >= 0.6 is 27.5 Å². The molecular weight excluding hydrogens is 348 g/mol. The smallest absolute Gasteiger partial charge is 0.0646 e. The molecule has 0 amide bonds. The molecule has 0 aliphatic rings. The average Bonchev–Trinajstić information content (AvgIpc) is 2.48. The maximum atomic E-state index is 10.4. The Balaban J connectivity index is 2.25. The first-order chi connectivity index (χ1) is 10.1. The van der Waals surface area contributed by atoms with E-state index < -0.39 is 6.10 Å². The van der Waals surface area contributed by atoms with E-state index in [9.17, 15) is 5.11 Å². The number of aliphatic hydroxyl groups excluding tert-OH is 1. The van der Waals surface area contributed by atoms with Crippen LogP contribution in [0.1, 0.15) is 23.5 Å². The van der Waals surface area contributed by atoms with Gasteiger partial charge in [-0.1, -0.05) is 57.9 Å². The summed E-state index contributed by atoms with van der Waals surface area (Å²) in [4.78, 5) is 0. The lowest BCUT2D eigenvalue weighted by Crippen LogP contribution is -2.20. The Hall–Kier alpha value is -1.09. The van der Waals surface area contributed by atoms with Crippen molar-refractivity contribution in [2.45, 2.75) is 24.9 Å². The van der Waals surface area contributed by atoms with Crippen molar-refractivity contribution in [1.29, 1.82) is 0 Å². The van der Waals surface area contributed by atoms with Crippen LogP contribution in [0.25, 0.3) is 0 Å². The van der Waals surface area contributed by atoms with Gasteiger partial charge < -0.3 is 5.11 Å². The Morgan fingerprint density at radius 2 is 1.71 bits per heavy atom. The first-order valence-corrected chi connectivity index (χ1v) is 8.06. The van der Waals surface area contributed by atoms with Crippen LogP contribution in [0.4, 0.5) is 0 Å². The van der Waals surface area contributed by atoms with E-state index in [4.69, 9.17) is 11.6 Å². The van der Waals surface area contributed by atoms with Gasteiger partial charge in [0, 0.05) is 15.4 Å². The molecule has 2 rings (SSSR count). The van der Waals surface area contributed by atoms with E-state index in [-0.39, 0.29) is 5.92 Å². The maximum absolute atomic E-state index is 10.4. The molecule has 0 saturated heterocycles. The lowest BCUT2D eigenvalue weighted by atomic mass is 9.86. The molecule has 0 unspecified atom stereocenters. The fourth-order valence-corrected chi connectivity index (χ4v) is 2.79. The maximum Gasteiger partial charge on any atom is 0.0646 e. The molecule has 0 spiro atoms. The van der Waals surface area contributed by atoms with Gasteiger partial charge in [-0.05, 0) is 48.2 Å². The second-order valence-corrected chi connectivity index (χ2v) is 6.43. The minimum atomic E-state index is -0.445. The Bertz CT molecular complexity index is 577. The standard InChI is InChI=1S/C18H18BrClO/c1-2-3-18(21)17(14-6-8-15(19)9-7-14)12-13-4-10-16(20)11-5-13/h2,4-11,17-18,21H,1,3,12H2/t17-,18-/m1/s1. The van der Waals surface area contributed by atoms with Gasteiger partial charge in [0.1, 0.15) is 0 Å². The van der Waals surface area contributed by atoms with Crippen molar-refractivity contribution in [2.24, 2.45) is 0 Å². The van der Waals surface area contributed by atoms with Gasteiger partial charge in [0.05, 0.1) is 6.10 Å². The molecule has 0 saturated carbocycles. The summed E-state index contributed by atoms with van der Waals surface area (Å²) in [6.07, 6.45) is 2.67. The molecule has 1 nitrogen and oxygen atoms in total. The molecular formula is C18H18BrClO. The molecule has 2 aromatic rings. The second kappa shape index (κ2) is 7.79. The Kier molecular flexibility index (Phi) is 6.04. The van der Waals surface area contributed by atoms with Crippen molar-refractivity contribution < 1.29 is 5.11 Å². The Labute approximate surface area is 139 Å². The third-order valence-corrected chi connectivity index (χ3v) is 4.32. The second-order valence-electron chi connectivity index (χ2n) is 5.08. The SMILES string of the molecule is C=CC[C@@H](O)[C@H](Cc1ccc(Cl)cc1)c1ccc(Br)cc1. The monoisotopic (exact) mass is 364 g/mol. The summed E-state index contributed by atoms with van der Waals surface area (Å²) in [6, 6.07) is 15.9. The molecule has 21 heavy (non-hydrogen) atoms. The molecule has 1 N–H and O–H groups in total. The summed E-state index contributed by atoms with van der Waals surface area (Å²) in [5.41, 5.74) is 2.29. The zero-order chi connectivity index (χ0) is 15.2. The van der Waals surface area contributed by atoms with Gasteiger partial charge in [0.15, 0.2) is 0 Å². The van der Waals surface area contributed by atoms with E-state index in [0.29, 0.717) is 6.42 Å². The van der Waals surface area contributed by atoms with E-state index in [0.717, 1.165) is 27.0 Å². The molecule has 0 fully saturated rings. The Morgan fingerprint density at radius 3 is 2.29 bits per heavy atom. The van der Waals surface area contributed by atoms with Crippen LogP contribution in [0.5, 0.6) is 0 Å². The Morgan fingerprint density at radius 1 is 1.10 bits per heavy atom. The summed E-state index contributed by atoms with van der Waals surface area (Å²) < 4.78 is 1.04. The molecule has 0 aliphatic heterocycles. The van der Waals surface area contributed by atoms with Gasteiger partial charge in [0.2, 0.25) is 0 Å². The first kappa shape index (κ1) is 16.3. The van der Waals surface area contributed by atoms with E-state index in [1.165, 1.54) is 0 Å². The summed E-state index contributed by atoms with van der Waals surface area (Å²) >= 11 is 9.37. The summed E-state index contributed by atoms with van der Waals surface area (Å²) in [7, 11) is 0. The van der Waals surface area contributed by atoms with E-state index in [1.54, 1.807) is 6.08 Å². The van der Waals surface area contributed by atoms with Gasteiger partial charge >= 0.3 is 0 Å². The van der Waals surface area contributed by atoms with Crippen molar-refractivity contribution in [1.82, 2.24) is 0 Å². The highest BCUT2D eigenvalue weighted by molar-refractivity contribution is 9.10. The lowest BCUT2D eigenvalue weighted by Gasteiger charge is -2.23. The van der Waals surface area contributed by atoms with Crippen LogP contribution in [0, 0.1) is 0 Å². The van der Waals surface area contributed by atoms with Crippen LogP contribution in [0.3, 0.4) is 0 Å². The van der Waals surface area contributed by atoms with Crippen molar-refractivity contribution in [3.05, 3.63) is 81.8 Å². The number of hydrogen-bond donors (Lipinski definition) is 1. The molecule has 2 aromatic carbocycles.